The third-order valence-corrected chi connectivity index (χ3v) is 5.08. The second-order valence-corrected chi connectivity index (χ2v) is 7.13. The van der Waals surface area contributed by atoms with Gasteiger partial charge in [-0.15, -0.1) is 0 Å². The highest BCUT2D eigenvalue weighted by Crippen LogP contribution is 2.39. The van der Waals surface area contributed by atoms with Gasteiger partial charge in [-0.3, -0.25) is 10.1 Å². The molecule has 0 radical (unpaired) electrons. The van der Waals surface area contributed by atoms with Crippen LogP contribution < -0.4 is 10.7 Å². The summed E-state index contributed by atoms with van der Waals surface area (Å²) in [4.78, 5) is 26.0. The largest absolute Gasteiger partial charge is 0.465 e. The van der Waals surface area contributed by atoms with Crippen molar-refractivity contribution in [3.8, 4) is 0 Å². The monoisotopic (exact) mass is 390 g/mol. The van der Waals surface area contributed by atoms with E-state index in [2.05, 4.69) is 51.2 Å². The third kappa shape index (κ3) is 3.99. The Bertz CT molecular complexity index is 1100. The minimum atomic E-state index is -1.18. The van der Waals surface area contributed by atoms with Crippen LogP contribution in [0.1, 0.15) is 52.9 Å². The molecule has 0 spiro atoms. The lowest BCUT2D eigenvalue weighted by molar-refractivity contribution is 0.0957. The van der Waals surface area contributed by atoms with Gasteiger partial charge in [0.1, 0.15) is 0 Å². The van der Waals surface area contributed by atoms with Gasteiger partial charge in [0.2, 0.25) is 0 Å². The van der Waals surface area contributed by atoms with Gasteiger partial charge >= 0.3 is 6.09 Å². The second-order valence-electron chi connectivity index (χ2n) is 7.13. The quantitative estimate of drug-likeness (QED) is 0.530. The smallest absolute Gasteiger partial charge is 0.409 e. The Morgan fingerprint density at radius 3 is 2.66 bits per heavy atom. The van der Waals surface area contributed by atoms with E-state index in [4.69, 9.17) is 5.11 Å². The summed E-state index contributed by atoms with van der Waals surface area (Å²) >= 11 is 0. The van der Waals surface area contributed by atoms with Crippen molar-refractivity contribution < 1.29 is 14.7 Å². The summed E-state index contributed by atoms with van der Waals surface area (Å²) in [5, 5.41) is 15.7. The average molecular weight is 390 g/mol. The molecular weight excluding hydrogens is 368 g/mol. The van der Waals surface area contributed by atoms with Crippen molar-refractivity contribution >= 4 is 34.8 Å². The van der Waals surface area contributed by atoms with Gasteiger partial charge in [-0.25, -0.2) is 10.2 Å². The minimum absolute atomic E-state index is 0.340. The van der Waals surface area contributed by atoms with Gasteiger partial charge in [-0.2, -0.15) is 5.10 Å². The molecule has 7 nitrogen and oxygen atoms in total. The number of benzene rings is 2. The maximum absolute atomic E-state index is 12.0. The Hall–Kier alpha value is -3.61. The van der Waals surface area contributed by atoms with E-state index in [1.165, 1.54) is 24.5 Å². The van der Waals surface area contributed by atoms with Crippen LogP contribution in [0.2, 0.25) is 0 Å². The lowest BCUT2D eigenvalue weighted by atomic mass is 10.0. The average Bonchev–Trinajstić information content (AvgIpc) is 3.52. The van der Waals surface area contributed by atoms with Crippen molar-refractivity contribution in [1.82, 2.24) is 10.4 Å². The number of aryl methyl sites for hydroxylation is 1. The zero-order valence-corrected chi connectivity index (χ0v) is 16.0. The number of amides is 2. The fourth-order valence-electron chi connectivity index (χ4n) is 3.57. The first kappa shape index (κ1) is 18.7. The summed E-state index contributed by atoms with van der Waals surface area (Å²) in [5.74, 6) is 0.548. The highest BCUT2D eigenvalue weighted by molar-refractivity contribution is 6.16. The van der Waals surface area contributed by atoms with Crippen LogP contribution in [0.5, 0.6) is 0 Å². The molecule has 0 unspecified atom stereocenters. The minimum Gasteiger partial charge on any atom is -0.465 e. The predicted octanol–water partition coefficient (Wildman–Crippen LogP) is 4.46. The predicted molar refractivity (Wildman–Crippen MR) is 113 cm³/mol. The van der Waals surface area contributed by atoms with Crippen molar-refractivity contribution in [1.29, 1.82) is 0 Å². The number of rotatable bonds is 3. The van der Waals surface area contributed by atoms with Gasteiger partial charge < -0.3 is 10.1 Å². The molecule has 0 bridgehead atoms. The molecule has 3 aromatic rings. The van der Waals surface area contributed by atoms with Crippen LogP contribution in [-0.2, 0) is 6.42 Å². The summed E-state index contributed by atoms with van der Waals surface area (Å²) in [6.07, 6.45) is 4.00. The molecule has 2 amide bonds. The standard InChI is InChI=1S/C13H12N4O3.C9H10/c1-2-9-8-5-14-17-12(18)7-3-6(15-13(19)20)4-10(16-9)11(7)8;1-2-4-8(5-3-1)9-6-7-9/h3-5,15-16H,2H2,1H3,(H,17,18)(H,19,20);1-5,9H,6-7H2. The van der Waals surface area contributed by atoms with E-state index in [1.54, 1.807) is 12.3 Å². The third-order valence-electron chi connectivity index (χ3n) is 5.08. The van der Waals surface area contributed by atoms with E-state index in [1.807, 2.05) is 6.92 Å². The molecule has 4 N–H and O–H groups in total. The van der Waals surface area contributed by atoms with Crippen molar-refractivity contribution in [2.45, 2.75) is 32.1 Å². The molecule has 0 atom stereocenters. The van der Waals surface area contributed by atoms with Gasteiger partial charge in [-0.1, -0.05) is 37.3 Å². The topological polar surface area (TPSA) is 107 Å². The van der Waals surface area contributed by atoms with Crippen LogP contribution in [-0.4, -0.2) is 28.3 Å². The Balaban J connectivity index is 0.000000188. The number of aromatic amines is 1. The summed E-state index contributed by atoms with van der Waals surface area (Å²) < 4.78 is 0. The van der Waals surface area contributed by atoms with E-state index in [9.17, 15) is 9.59 Å². The van der Waals surface area contributed by atoms with E-state index in [-0.39, 0.29) is 5.91 Å². The molecule has 5 rings (SSSR count). The number of hydrogen-bond donors (Lipinski definition) is 4. The molecule has 1 saturated carbocycles. The van der Waals surface area contributed by atoms with E-state index in [0.717, 1.165) is 29.0 Å². The first-order chi connectivity index (χ1) is 14.1. The van der Waals surface area contributed by atoms with Crippen LogP contribution in [0.4, 0.5) is 10.5 Å². The number of nitrogens with zero attached hydrogens (tertiary/aromatic N) is 1. The number of hydrazone groups is 1. The lowest BCUT2D eigenvalue weighted by Gasteiger charge is -2.05. The molecular formula is C22H22N4O3. The number of aromatic nitrogens is 1. The first-order valence-corrected chi connectivity index (χ1v) is 9.63. The number of carbonyl (C=O) groups excluding carboxylic acids is 1. The zero-order valence-electron chi connectivity index (χ0n) is 16.0. The molecule has 2 aromatic carbocycles. The van der Waals surface area contributed by atoms with Gasteiger partial charge in [0.05, 0.1) is 11.8 Å². The summed E-state index contributed by atoms with van der Waals surface area (Å²) in [5.41, 5.74) is 7.20. The van der Waals surface area contributed by atoms with Crippen LogP contribution in [0.3, 0.4) is 0 Å². The van der Waals surface area contributed by atoms with E-state index >= 15 is 0 Å². The van der Waals surface area contributed by atoms with Gasteiger partial charge in [0, 0.05) is 27.8 Å². The Labute approximate surface area is 167 Å². The SMILES string of the molecule is CCc1[nH]c2cc(NC(=O)O)cc3c2c1C=NNC3=O.c1ccc(C2CC2)cc1. The number of H-pyrrole nitrogens is 1. The van der Waals surface area contributed by atoms with Crippen molar-refractivity contribution in [3.05, 3.63) is 64.8 Å². The summed E-state index contributed by atoms with van der Waals surface area (Å²) in [6.45, 7) is 1.99. The second kappa shape index (κ2) is 7.79. The molecule has 148 valence electrons. The lowest BCUT2D eigenvalue weighted by Crippen LogP contribution is -2.17. The Morgan fingerprint density at radius 2 is 2.00 bits per heavy atom. The van der Waals surface area contributed by atoms with Crippen LogP contribution in [0.25, 0.3) is 10.9 Å². The fourth-order valence-corrected chi connectivity index (χ4v) is 3.57. The molecule has 29 heavy (non-hydrogen) atoms. The number of carbonyl (C=O) groups is 2. The number of carboxylic acid groups (broad SMARTS) is 1. The van der Waals surface area contributed by atoms with Crippen molar-refractivity contribution in [2.75, 3.05) is 5.32 Å². The van der Waals surface area contributed by atoms with Crippen molar-refractivity contribution in [2.24, 2.45) is 5.10 Å². The molecule has 2 aliphatic rings. The molecule has 1 aromatic heterocycles. The Kier molecular flexibility index (Phi) is 5.03. The van der Waals surface area contributed by atoms with Crippen LogP contribution in [0.15, 0.2) is 47.6 Å². The Morgan fingerprint density at radius 1 is 1.24 bits per heavy atom. The number of hydrogen-bond acceptors (Lipinski definition) is 3. The summed E-state index contributed by atoms with van der Waals surface area (Å²) in [7, 11) is 0. The molecule has 1 aliphatic carbocycles. The normalized spacial score (nSPS) is 14.6. The van der Waals surface area contributed by atoms with Gasteiger partial charge in [-0.05, 0) is 42.9 Å². The molecule has 0 saturated heterocycles. The molecule has 1 aliphatic heterocycles. The molecule has 7 heteroatoms. The highest BCUT2D eigenvalue weighted by Gasteiger charge is 2.22. The van der Waals surface area contributed by atoms with E-state index in [0.29, 0.717) is 16.8 Å². The first-order valence-electron chi connectivity index (χ1n) is 9.63. The number of nitrogens with one attached hydrogen (secondary N) is 3. The molecule has 2 heterocycles. The van der Waals surface area contributed by atoms with Crippen molar-refractivity contribution in [3.63, 3.8) is 0 Å². The zero-order chi connectivity index (χ0) is 20.4. The van der Waals surface area contributed by atoms with Crippen LogP contribution in [0, 0.1) is 0 Å². The van der Waals surface area contributed by atoms with E-state index < -0.39 is 6.09 Å². The molecule has 1 fully saturated rings. The summed E-state index contributed by atoms with van der Waals surface area (Å²) in [6, 6.07) is 13.9. The van der Waals surface area contributed by atoms with Gasteiger partial charge in [0.25, 0.3) is 5.91 Å². The fraction of sp³-hybridized carbons (Fsp3) is 0.227. The van der Waals surface area contributed by atoms with Gasteiger partial charge in [0.15, 0.2) is 0 Å². The maximum atomic E-state index is 12.0. The van der Waals surface area contributed by atoms with Crippen LogP contribution >= 0.6 is 0 Å². The maximum Gasteiger partial charge on any atom is 0.409 e. The number of anilines is 1. The highest BCUT2D eigenvalue weighted by atomic mass is 16.4.